The minimum absolute atomic E-state index is 0.0804. The number of nitrogens with zero attached hydrogens (tertiary/aromatic N) is 1. The van der Waals surface area contributed by atoms with Gasteiger partial charge in [0, 0.05) is 23.8 Å². The molecule has 1 saturated carbocycles. The SMILES string of the molecule is O=C(COC(=O)C1(c2ccc(Cl)cc2)CCCC1)Nc1cccc(S(=O)(=O)N2CCOCC2)c1. The first-order valence-electron chi connectivity index (χ1n) is 11.2. The van der Waals surface area contributed by atoms with Gasteiger partial charge in [0.2, 0.25) is 10.0 Å². The highest BCUT2D eigenvalue weighted by Gasteiger charge is 2.44. The number of benzene rings is 2. The van der Waals surface area contributed by atoms with Crippen LogP contribution in [0.15, 0.2) is 53.4 Å². The Bertz CT molecular complexity index is 1140. The summed E-state index contributed by atoms with van der Waals surface area (Å²) in [6, 6.07) is 13.2. The van der Waals surface area contributed by atoms with Gasteiger partial charge in [0.15, 0.2) is 6.61 Å². The second-order valence-corrected chi connectivity index (χ2v) is 10.8. The number of morpholine rings is 1. The van der Waals surface area contributed by atoms with Gasteiger partial charge in [0.25, 0.3) is 5.91 Å². The summed E-state index contributed by atoms with van der Waals surface area (Å²) in [5, 5.41) is 3.21. The molecule has 0 bridgehead atoms. The standard InChI is InChI=1S/C24H27ClN2O6S/c25-19-8-6-18(7-9-19)24(10-1-2-11-24)23(29)33-17-22(28)26-20-4-3-5-21(16-20)34(30,31)27-12-14-32-15-13-27/h3-9,16H,1-2,10-15,17H2,(H,26,28). The van der Waals surface area contributed by atoms with Gasteiger partial charge < -0.3 is 14.8 Å². The third kappa shape index (κ3) is 5.27. The number of carbonyl (C=O) groups is 2. The van der Waals surface area contributed by atoms with E-state index >= 15 is 0 Å². The summed E-state index contributed by atoms with van der Waals surface area (Å²) in [5.74, 6) is -0.982. The summed E-state index contributed by atoms with van der Waals surface area (Å²) < 4.78 is 37.7. The molecular weight excluding hydrogens is 480 g/mol. The highest BCUT2D eigenvalue weighted by atomic mass is 35.5. The molecular formula is C24H27ClN2O6S. The fourth-order valence-corrected chi connectivity index (χ4v) is 6.08. The van der Waals surface area contributed by atoms with E-state index in [-0.39, 0.29) is 18.0 Å². The lowest BCUT2D eigenvalue weighted by atomic mass is 9.79. The van der Waals surface area contributed by atoms with Crippen LogP contribution in [0.1, 0.15) is 31.2 Å². The summed E-state index contributed by atoms with van der Waals surface area (Å²) in [6.45, 7) is 0.792. The van der Waals surface area contributed by atoms with E-state index in [9.17, 15) is 18.0 Å². The molecule has 8 nitrogen and oxygen atoms in total. The molecule has 0 unspecified atom stereocenters. The molecule has 0 aromatic heterocycles. The maximum absolute atomic E-state index is 13.0. The maximum atomic E-state index is 13.0. The number of anilines is 1. The molecule has 1 heterocycles. The number of rotatable bonds is 7. The first-order chi connectivity index (χ1) is 16.3. The summed E-state index contributed by atoms with van der Waals surface area (Å²) in [6.07, 6.45) is 3.09. The molecule has 1 aliphatic carbocycles. The summed E-state index contributed by atoms with van der Waals surface area (Å²) in [7, 11) is -3.69. The second-order valence-electron chi connectivity index (χ2n) is 8.46. The average Bonchev–Trinajstić information content (AvgIpc) is 3.35. The van der Waals surface area contributed by atoms with Crippen LogP contribution in [-0.2, 0) is 34.5 Å². The van der Waals surface area contributed by atoms with Gasteiger partial charge in [-0.05, 0) is 48.7 Å². The van der Waals surface area contributed by atoms with Crippen LogP contribution in [0.3, 0.4) is 0 Å². The van der Waals surface area contributed by atoms with Gasteiger partial charge in [-0.15, -0.1) is 0 Å². The molecule has 10 heteroatoms. The van der Waals surface area contributed by atoms with Crippen molar-refractivity contribution in [3.8, 4) is 0 Å². The van der Waals surface area contributed by atoms with Gasteiger partial charge in [0.1, 0.15) is 0 Å². The number of hydrogen-bond donors (Lipinski definition) is 1. The van der Waals surface area contributed by atoms with Crippen molar-refractivity contribution in [3.63, 3.8) is 0 Å². The molecule has 2 aliphatic rings. The summed E-state index contributed by atoms with van der Waals surface area (Å²) in [4.78, 5) is 25.6. The number of hydrogen-bond acceptors (Lipinski definition) is 6. The number of nitrogens with one attached hydrogen (secondary N) is 1. The number of amides is 1. The van der Waals surface area contributed by atoms with Crippen molar-refractivity contribution < 1.29 is 27.5 Å². The Labute approximate surface area is 204 Å². The molecule has 1 N–H and O–H groups in total. The lowest BCUT2D eigenvalue weighted by Crippen LogP contribution is -2.40. The first kappa shape index (κ1) is 24.7. The van der Waals surface area contributed by atoms with Gasteiger partial charge in [-0.3, -0.25) is 9.59 Å². The molecule has 182 valence electrons. The van der Waals surface area contributed by atoms with Crippen molar-refractivity contribution in [2.75, 3.05) is 38.2 Å². The third-order valence-corrected chi connectivity index (χ3v) is 8.45. The number of ether oxygens (including phenoxy) is 2. The van der Waals surface area contributed by atoms with Crippen LogP contribution in [0.2, 0.25) is 5.02 Å². The number of halogens is 1. The minimum Gasteiger partial charge on any atom is -0.455 e. The van der Waals surface area contributed by atoms with E-state index in [0.717, 1.165) is 18.4 Å². The van der Waals surface area contributed by atoms with Crippen molar-refractivity contribution >= 4 is 39.2 Å². The van der Waals surface area contributed by atoms with Crippen molar-refractivity contribution in [2.45, 2.75) is 36.0 Å². The van der Waals surface area contributed by atoms with Crippen LogP contribution in [0.25, 0.3) is 0 Å². The average molecular weight is 507 g/mol. The van der Waals surface area contributed by atoms with Crippen LogP contribution in [-0.4, -0.2) is 57.5 Å². The van der Waals surface area contributed by atoms with Gasteiger partial charge in [-0.25, -0.2) is 8.42 Å². The van der Waals surface area contributed by atoms with Crippen LogP contribution < -0.4 is 5.32 Å². The molecule has 1 amide bonds. The van der Waals surface area contributed by atoms with Crippen LogP contribution >= 0.6 is 11.6 Å². The van der Waals surface area contributed by atoms with Crippen molar-refractivity contribution in [1.82, 2.24) is 4.31 Å². The van der Waals surface area contributed by atoms with Gasteiger partial charge >= 0.3 is 5.97 Å². The summed E-state index contributed by atoms with van der Waals surface area (Å²) >= 11 is 5.99. The van der Waals surface area contributed by atoms with Crippen LogP contribution in [0.4, 0.5) is 5.69 Å². The van der Waals surface area contributed by atoms with Gasteiger partial charge in [0.05, 0.1) is 23.5 Å². The van der Waals surface area contributed by atoms with E-state index < -0.39 is 33.9 Å². The lowest BCUT2D eigenvalue weighted by molar-refractivity contribution is -0.153. The van der Waals surface area contributed by atoms with Crippen LogP contribution in [0.5, 0.6) is 0 Å². The molecule has 34 heavy (non-hydrogen) atoms. The maximum Gasteiger partial charge on any atom is 0.317 e. The van der Waals surface area contributed by atoms with E-state index in [0.29, 0.717) is 36.8 Å². The van der Waals surface area contributed by atoms with Crippen LogP contribution in [0, 0.1) is 0 Å². The minimum atomic E-state index is -3.69. The van der Waals surface area contributed by atoms with E-state index in [1.54, 1.807) is 24.3 Å². The number of carbonyl (C=O) groups excluding carboxylic acids is 2. The zero-order valence-corrected chi connectivity index (χ0v) is 20.2. The fourth-order valence-electron chi connectivity index (χ4n) is 4.49. The Morgan fingerprint density at radius 3 is 2.41 bits per heavy atom. The third-order valence-electron chi connectivity index (χ3n) is 6.30. The monoisotopic (exact) mass is 506 g/mol. The number of sulfonamides is 1. The smallest absolute Gasteiger partial charge is 0.317 e. The number of esters is 1. The molecule has 1 aliphatic heterocycles. The highest BCUT2D eigenvalue weighted by molar-refractivity contribution is 7.89. The van der Waals surface area contributed by atoms with E-state index in [1.807, 2.05) is 12.1 Å². The Kier molecular flexibility index (Phi) is 7.57. The zero-order valence-electron chi connectivity index (χ0n) is 18.7. The predicted molar refractivity (Wildman–Crippen MR) is 127 cm³/mol. The molecule has 2 aromatic carbocycles. The van der Waals surface area contributed by atoms with Gasteiger partial charge in [-0.1, -0.05) is 42.6 Å². The summed E-state index contributed by atoms with van der Waals surface area (Å²) in [5.41, 5.74) is 0.362. The molecule has 2 fully saturated rings. The predicted octanol–water partition coefficient (Wildman–Crippen LogP) is 3.35. The van der Waals surface area contributed by atoms with E-state index in [4.69, 9.17) is 21.1 Å². The molecule has 1 saturated heterocycles. The van der Waals surface area contributed by atoms with Crippen molar-refractivity contribution in [1.29, 1.82) is 0 Å². The second kappa shape index (κ2) is 10.4. The molecule has 2 aromatic rings. The Balaban J connectivity index is 1.40. The van der Waals surface area contributed by atoms with Crippen molar-refractivity contribution in [2.24, 2.45) is 0 Å². The zero-order chi connectivity index (χ0) is 24.2. The largest absolute Gasteiger partial charge is 0.455 e. The van der Waals surface area contributed by atoms with Gasteiger partial charge in [-0.2, -0.15) is 4.31 Å². The molecule has 0 atom stereocenters. The fraction of sp³-hybridized carbons (Fsp3) is 0.417. The first-order valence-corrected chi connectivity index (χ1v) is 13.0. The lowest BCUT2D eigenvalue weighted by Gasteiger charge is -2.27. The molecule has 0 radical (unpaired) electrons. The Morgan fingerprint density at radius 1 is 1.06 bits per heavy atom. The Morgan fingerprint density at radius 2 is 1.74 bits per heavy atom. The molecule has 4 rings (SSSR count). The van der Waals surface area contributed by atoms with E-state index in [1.165, 1.54) is 16.4 Å². The van der Waals surface area contributed by atoms with Crippen molar-refractivity contribution in [3.05, 3.63) is 59.1 Å². The molecule has 0 spiro atoms. The van der Waals surface area contributed by atoms with E-state index in [2.05, 4.69) is 5.32 Å². The normalized spacial score (nSPS) is 18.4. The quantitative estimate of drug-likeness (QED) is 0.578. The topological polar surface area (TPSA) is 102 Å². The Hall–Kier alpha value is -2.46. The highest BCUT2D eigenvalue weighted by Crippen LogP contribution is 2.42.